The molecule has 1 atom stereocenters. The first-order valence-electron chi connectivity index (χ1n) is 7.27. The van der Waals surface area contributed by atoms with Crippen LogP contribution in [0.4, 0.5) is 0 Å². The van der Waals surface area contributed by atoms with Crippen molar-refractivity contribution in [3.05, 3.63) is 50.9 Å². The first-order valence-corrected chi connectivity index (χ1v) is 8.53. The first-order chi connectivity index (χ1) is 11.0. The van der Waals surface area contributed by atoms with Gasteiger partial charge in [0.2, 0.25) is 5.91 Å². The van der Waals surface area contributed by atoms with E-state index < -0.39 is 0 Å². The molecular weight excluding hydrogens is 334 g/mol. The summed E-state index contributed by atoms with van der Waals surface area (Å²) in [4.78, 5) is 30.1. The van der Waals surface area contributed by atoms with Crippen molar-refractivity contribution in [3.8, 4) is 0 Å². The van der Waals surface area contributed by atoms with Gasteiger partial charge in [-0.2, -0.15) is 0 Å². The molecule has 1 N–H and O–H groups in total. The molecule has 120 valence electrons. The molecule has 0 radical (unpaired) electrons. The fraction of sp³-hybridized carbons (Fsp3) is 0.312. The van der Waals surface area contributed by atoms with Gasteiger partial charge in [0.05, 0.1) is 11.0 Å². The van der Waals surface area contributed by atoms with Crippen molar-refractivity contribution in [2.24, 2.45) is 0 Å². The summed E-state index contributed by atoms with van der Waals surface area (Å²) >= 11 is 7.57. The second-order valence-electron chi connectivity index (χ2n) is 5.49. The van der Waals surface area contributed by atoms with Gasteiger partial charge in [-0.25, -0.2) is 4.98 Å². The van der Waals surface area contributed by atoms with Gasteiger partial charge < -0.3 is 10.2 Å². The Morgan fingerprint density at radius 1 is 1.48 bits per heavy atom. The largest absolute Gasteiger partial charge is 0.346 e. The SMILES string of the molecule is Cc1nc(C(=O)NC2CC(=O)N(Cc3ccccc3Cl)C2)cs1. The summed E-state index contributed by atoms with van der Waals surface area (Å²) < 4.78 is 0. The van der Waals surface area contributed by atoms with Crippen LogP contribution in [0.2, 0.25) is 5.02 Å². The number of hydrogen-bond acceptors (Lipinski definition) is 4. The van der Waals surface area contributed by atoms with Crippen LogP contribution in [0.5, 0.6) is 0 Å². The lowest BCUT2D eigenvalue weighted by molar-refractivity contribution is -0.128. The molecule has 1 saturated heterocycles. The summed E-state index contributed by atoms with van der Waals surface area (Å²) in [5.74, 6) is -0.212. The summed E-state index contributed by atoms with van der Waals surface area (Å²) in [5, 5.41) is 6.09. The molecule has 2 aromatic rings. The topological polar surface area (TPSA) is 62.3 Å². The fourth-order valence-corrected chi connectivity index (χ4v) is 3.37. The van der Waals surface area contributed by atoms with Crippen molar-refractivity contribution in [2.75, 3.05) is 6.54 Å². The number of thiazole rings is 1. The van der Waals surface area contributed by atoms with Crippen LogP contribution in [-0.4, -0.2) is 34.3 Å². The second kappa shape index (κ2) is 6.68. The van der Waals surface area contributed by atoms with Gasteiger partial charge in [-0.15, -0.1) is 11.3 Å². The third-order valence-electron chi connectivity index (χ3n) is 3.72. The molecule has 7 heteroatoms. The average Bonchev–Trinajstić information content (AvgIpc) is 3.08. The highest BCUT2D eigenvalue weighted by molar-refractivity contribution is 7.09. The molecule has 0 saturated carbocycles. The van der Waals surface area contributed by atoms with Gasteiger partial charge in [0.1, 0.15) is 5.69 Å². The van der Waals surface area contributed by atoms with Gasteiger partial charge in [0.15, 0.2) is 0 Å². The average molecular weight is 350 g/mol. The van der Waals surface area contributed by atoms with Crippen LogP contribution in [0.3, 0.4) is 0 Å². The molecule has 1 aromatic heterocycles. The number of carbonyl (C=O) groups is 2. The van der Waals surface area contributed by atoms with Crippen LogP contribution in [0.25, 0.3) is 0 Å². The maximum absolute atomic E-state index is 12.1. The Hall–Kier alpha value is -1.92. The molecule has 3 rings (SSSR count). The van der Waals surface area contributed by atoms with Crippen molar-refractivity contribution in [3.63, 3.8) is 0 Å². The summed E-state index contributed by atoms with van der Waals surface area (Å²) in [7, 11) is 0. The number of aryl methyl sites for hydroxylation is 1. The van der Waals surface area contributed by atoms with E-state index in [1.165, 1.54) is 11.3 Å². The van der Waals surface area contributed by atoms with Gasteiger partial charge in [-0.05, 0) is 18.6 Å². The zero-order chi connectivity index (χ0) is 16.4. The van der Waals surface area contributed by atoms with Gasteiger partial charge >= 0.3 is 0 Å². The molecule has 1 aliphatic rings. The maximum atomic E-state index is 12.1. The van der Waals surface area contributed by atoms with Gasteiger partial charge in [0, 0.05) is 29.9 Å². The highest BCUT2D eigenvalue weighted by atomic mass is 35.5. The van der Waals surface area contributed by atoms with Crippen LogP contribution in [-0.2, 0) is 11.3 Å². The van der Waals surface area contributed by atoms with E-state index in [1.54, 1.807) is 16.3 Å². The van der Waals surface area contributed by atoms with Gasteiger partial charge in [-0.1, -0.05) is 29.8 Å². The molecular formula is C16H16ClN3O2S. The Morgan fingerprint density at radius 2 is 2.26 bits per heavy atom. The number of amides is 2. The molecule has 5 nitrogen and oxygen atoms in total. The van der Waals surface area contributed by atoms with Crippen molar-refractivity contribution in [1.29, 1.82) is 0 Å². The lowest BCUT2D eigenvalue weighted by Crippen LogP contribution is -2.37. The number of halogens is 1. The minimum absolute atomic E-state index is 0.0182. The molecule has 0 bridgehead atoms. The fourth-order valence-electron chi connectivity index (χ4n) is 2.58. The molecule has 23 heavy (non-hydrogen) atoms. The normalized spacial score (nSPS) is 17.6. The lowest BCUT2D eigenvalue weighted by Gasteiger charge is -2.17. The van der Waals surface area contributed by atoms with E-state index >= 15 is 0 Å². The Balaban J connectivity index is 1.61. The molecule has 1 fully saturated rings. The summed E-state index contributed by atoms with van der Waals surface area (Å²) in [6, 6.07) is 7.27. The van der Waals surface area contributed by atoms with E-state index in [4.69, 9.17) is 11.6 Å². The predicted octanol–water partition coefficient (Wildman–Crippen LogP) is 2.64. The highest BCUT2D eigenvalue weighted by Gasteiger charge is 2.31. The van der Waals surface area contributed by atoms with Crippen LogP contribution < -0.4 is 5.32 Å². The van der Waals surface area contributed by atoms with Gasteiger partial charge in [-0.3, -0.25) is 9.59 Å². The molecule has 2 amide bonds. The Labute approximate surface area is 143 Å². The van der Waals surface area contributed by atoms with E-state index in [9.17, 15) is 9.59 Å². The lowest BCUT2D eigenvalue weighted by atomic mass is 10.2. The number of benzene rings is 1. The second-order valence-corrected chi connectivity index (χ2v) is 6.96. The summed E-state index contributed by atoms with van der Waals surface area (Å²) in [6.07, 6.45) is 0.305. The van der Waals surface area contributed by atoms with Gasteiger partial charge in [0.25, 0.3) is 5.91 Å². The van der Waals surface area contributed by atoms with E-state index in [2.05, 4.69) is 10.3 Å². The first kappa shape index (κ1) is 16.0. The molecule has 2 heterocycles. The minimum atomic E-state index is -0.230. The van der Waals surface area contributed by atoms with Crippen molar-refractivity contribution >= 4 is 34.8 Å². The molecule has 1 aromatic carbocycles. The van der Waals surface area contributed by atoms with Crippen molar-refractivity contribution in [1.82, 2.24) is 15.2 Å². The maximum Gasteiger partial charge on any atom is 0.271 e. The third kappa shape index (κ3) is 3.71. The number of aromatic nitrogens is 1. The van der Waals surface area contributed by atoms with E-state index in [-0.39, 0.29) is 17.9 Å². The zero-order valence-electron chi connectivity index (χ0n) is 12.6. The summed E-state index contributed by atoms with van der Waals surface area (Å²) in [6.45, 7) is 2.80. The van der Waals surface area contributed by atoms with Crippen LogP contribution in [0.1, 0.15) is 27.5 Å². The molecule has 1 aliphatic heterocycles. The quantitative estimate of drug-likeness (QED) is 0.923. The molecule has 0 spiro atoms. The smallest absolute Gasteiger partial charge is 0.271 e. The number of hydrogen-bond donors (Lipinski definition) is 1. The van der Waals surface area contributed by atoms with E-state index in [1.807, 2.05) is 25.1 Å². The molecule has 1 unspecified atom stereocenters. The van der Waals surface area contributed by atoms with Crippen LogP contribution in [0, 0.1) is 6.92 Å². The molecule has 0 aliphatic carbocycles. The number of nitrogens with one attached hydrogen (secondary N) is 1. The zero-order valence-corrected chi connectivity index (χ0v) is 14.2. The Kier molecular flexibility index (Phi) is 4.63. The van der Waals surface area contributed by atoms with E-state index in [0.29, 0.717) is 30.2 Å². The highest BCUT2D eigenvalue weighted by Crippen LogP contribution is 2.21. The number of likely N-dealkylation sites (tertiary alicyclic amines) is 1. The number of rotatable bonds is 4. The van der Waals surface area contributed by atoms with Crippen LogP contribution in [0.15, 0.2) is 29.6 Å². The number of nitrogens with zero attached hydrogens (tertiary/aromatic N) is 2. The van der Waals surface area contributed by atoms with Crippen LogP contribution >= 0.6 is 22.9 Å². The predicted molar refractivity (Wildman–Crippen MR) is 89.6 cm³/mol. The Bertz CT molecular complexity index is 746. The monoisotopic (exact) mass is 349 g/mol. The Morgan fingerprint density at radius 3 is 2.96 bits per heavy atom. The van der Waals surface area contributed by atoms with Crippen molar-refractivity contribution < 1.29 is 9.59 Å². The number of carbonyl (C=O) groups excluding carboxylic acids is 2. The van der Waals surface area contributed by atoms with Crippen molar-refractivity contribution in [2.45, 2.75) is 25.9 Å². The van der Waals surface area contributed by atoms with E-state index in [0.717, 1.165) is 10.6 Å². The summed E-state index contributed by atoms with van der Waals surface area (Å²) in [5.41, 5.74) is 1.31. The standard InChI is InChI=1S/C16H16ClN3O2S/c1-10-18-14(9-23-10)16(22)19-12-6-15(21)20(8-12)7-11-4-2-3-5-13(11)17/h2-5,9,12H,6-8H2,1H3,(H,19,22). The minimum Gasteiger partial charge on any atom is -0.346 e. The third-order valence-corrected chi connectivity index (χ3v) is 4.86.